The van der Waals surface area contributed by atoms with E-state index < -0.39 is 0 Å². The molecule has 0 spiro atoms. The first-order chi connectivity index (χ1) is 16.2. The number of rotatable bonds is 7. The molecule has 1 amide bonds. The molecule has 1 saturated heterocycles. The number of para-hydroxylation sites is 1. The maximum Gasteiger partial charge on any atom is 0.266 e. The van der Waals surface area contributed by atoms with Crippen molar-refractivity contribution in [2.45, 2.75) is 0 Å². The number of nitrogens with zero attached hydrogens (tertiary/aromatic N) is 3. The van der Waals surface area contributed by atoms with Crippen molar-refractivity contribution in [2.24, 2.45) is 0 Å². The van der Waals surface area contributed by atoms with Crippen molar-refractivity contribution < 1.29 is 14.3 Å². The molecule has 5 rings (SSSR count). The summed E-state index contributed by atoms with van der Waals surface area (Å²) in [5, 5.41) is 3.43. The first kappa shape index (κ1) is 22.1. The molecule has 1 aliphatic rings. The van der Waals surface area contributed by atoms with Crippen molar-refractivity contribution in [1.82, 2.24) is 9.88 Å². The van der Waals surface area contributed by atoms with Crippen LogP contribution in [0.2, 0.25) is 5.02 Å². The van der Waals surface area contributed by atoms with E-state index in [4.69, 9.17) is 21.1 Å². The van der Waals surface area contributed by atoms with E-state index in [1.165, 1.54) is 11.3 Å². The number of thiazole rings is 1. The minimum absolute atomic E-state index is 0.0644. The molecule has 3 aromatic carbocycles. The third-order valence-corrected chi connectivity index (χ3v) is 7.07. The van der Waals surface area contributed by atoms with Gasteiger partial charge in [-0.1, -0.05) is 59.3 Å². The van der Waals surface area contributed by atoms with Crippen LogP contribution in [0.3, 0.4) is 0 Å². The van der Waals surface area contributed by atoms with Gasteiger partial charge in [-0.05, 0) is 35.0 Å². The van der Waals surface area contributed by atoms with E-state index in [-0.39, 0.29) is 12.5 Å². The molecule has 170 valence electrons. The highest BCUT2D eigenvalue weighted by Gasteiger charge is 2.22. The van der Waals surface area contributed by atoms with Crippen LogP contribution in [0.1, 0.15) is 0 Å². The molecule has 8 heteroatoms. The molecule has 0 N–H and O–H groups in total. The molecule has 4 aromatic rings. The van der Waals surface area contributed by atoms with Crippen LogP contribution in [0.25, 0.3) is 21.0 Å². The SMILES string of the molecule is O=C(COc1ccc2ccccc2c1)N(CCN1CCOCC1)c1nc2c(Cl)cccc2s1. The second kappa shape index (κ2) is 10.1. The lowest BCUT2D eigenvalue weighted by Crippen LogP contribution is -2.44. The fourth-order valence-electron chi connectivity index (χ4n) is 3.89. The summed E-state index contributed by atoms with van der Waals surface area (Å²) in [6, 6.07) is 19.6. The predicted molar refractivity (Wildman–Crippen MR) is 134 cm³/mol. The Hall–Kier alpha value is -2.71. The van der Waals surface area contributed by atoms with Crippen LogP contribution >= 0.6 is 22.9 Å². The van der Waals surface area contributed by atoms with Gasteiger partial charge in [0.2, 0.25) is 0 Å². The molecule has 0 atom stereocenters. The minimum atomic E-state index is -0.133. The zero-order valence-electron chi connectivity index (χ0n) is 18.1. The van der Waals surface area contributed by atoms with Gasteiger partial charge in [0.1, 0.15) is 11.3 Å². The number of hydrogen-bond donors (Lipinski definition) is 0. The van der Waals surface area contributed by atoms with Gasteiger partial charge in [-0.15, -0.1) is 0 Å². The Balaban J connectivity index is 1.34. The van der Waals surface area contributed by atoms with Crippen molar-refractivity contribution in [3.05, 3.63) is 65.7 Å². The number of carbonyl (C=O) groups is 1. The second-order valence-corrected chi connectivity index (χ2v) is 9.30. The van der Waals surface area contributed by atoms with Crippen molar-refractivity contribution in [2.75, 3.05) is 50.9 Å². The van der Waals surface area contributed by atoms with Gasteiger partial charge in [0.05, 0.1) is 22.9 Å². The van der Waals surface area contributed by atoms with E-state index in [1.54, 1.807) is 4.90 Å². The number of hydrogen-bond acceptors (Lipinski definition) is 6. The molecule has 0 unspecified atom stereocenters. The molecule has 0 aliphatic carbocycles. The van der Waals surface area contributed by atoms with Gasteiger partial charge in [-0.3, -0.25) is 14.6 Å². The van der Waals surface area contributed by atoms with Crippen molar-refractivity contribution in [1.29, 1.82) is 0 Å². The normalized spacial score (nSPS) is 14.6. The number of ether oxygens (including phenoxy) is 2. The largest absolute Gasteiger partial charge is 0.484 e. The van der Waals surface area contributed by atoms with Crippen LogP contribution in [-0.4, -0.2) is 61.8 Å². The Morgan fingerprint density at radius 3 is 2.73 bits per heavy atom. The van der Waals surface area contributed by atoms with Gasteiger partial charge in [0.15, 0.2) is 11.7 Å². The average molecular weight is 482 g/mol. The quantitative estimate of drug-likeness (QED) is 0.378. The summed E-state index contributed by atoms with van der Waals surface area (Å²) in [6.45, 7) is 4.37. The number of carbonyl (C=O) groups excluding carboxylic acids is 1. The number of fused-ring (bicyclic) bond motifs is 2. The molecule has 0 radical (unpaired) electrons. The Morgan fingerprint density at radius 1 is 1.09 bits per heavy atom. The fraction of sp³-hybridized carbons (Fsp3) is 0.280. The molecule has 0 bridgehead atoms. The second-order valence-electron chi connectivity index (χ2n) is 7.88. The fourth-order valence-corrected chi connectivity index (χ4v) is 5.20. The van der Waals surface area contributed by atoms with Crippen LogP contribution in [0.15, 0.2) is 60.7 Å². The molecular weight excluding hydrogens is 458 g/mol. The molecule has 33 heavy (non-hydrogen) atoms. The molecule has 0 saturated carbocycles. The maximum atomic E-state index is 13.3. The molecule has 1 aliphatic heterocycles. The number of halogens is 1. The Kier molecular flexibility index (Phi) is 6.73. The van der Waals surface area contributed by atoms with Gasteiger partial charge in [0, 0.05) is 26.2 Å². The van der Waals surface area contributed by atoms with Crippen LogP contribution in [0, 0.1) is 0 Å². The van der Waals surface area contributed by atoms with Gasteiger partial charge < -0.3 is 9.47 Å². The first-order valence-corrected chi connectivity index (χ1v) is 12.1. The third-order valence-electron chi connectivity index (χ3n) is 5.72. The van der Waals surface area contributed by atoms with Crippen molar-refractivity contribution in [3.63, 3.8) is 0 Å². The summed E-state index contributed by atoms with van der Waals surface area (Å²) in [5.41, 5.74) is 0.721. The van der Waals surface area contributed by atoms with Gasteiger partial charge in [-0.25, -0.2) is 4.98 Å². The van der Waals surface area contributed by atoms with Crippen molar-refractivity contribution in [3.8, 4) is 5.75 Å². The minimum Gasteiger partial charge on any atom is -0.484 e. The van der Waals surface area contributed by atoms with E-state index in [0.29, 0.717) is 22.4 Å². The van der Waals surface area contributed by atoms with E-state index in [2.05, 4.69) is 16.0 Å². The van der Waals surface area contributed by atoms with Gasteiger partial charge in [0.25, 0.3) is 5.91 Å². The number of benzene rings is 3. The molecule has 1 fully saturated rings. The summed E-state index contributed by atoms with van der Waals surface area (Å²) in [7, 11) is 0. The van der Waals surface area contributed by atoms with E-state index >= 15 is 0 Å². The summed E-state index contributed by atoms with van der Waals surface area (Å²) in [6.07, 6.45) is 0. The van der Waals surface area contributed by atoms with Gasteiger partial charge >= 0.3 is 0 Å². The molecule has 1 aromatic heterocycles. The average Bonchev–Trinajstić information content (AvgIpc) is 3.29. The summed E-state index contributed by atoms with van der Waals surface area (Å²) >= 11 is 7.81. The predicted octanol–water partition coefficient (Wildman–Crippen LogP) is 4.85. The lowest BCUT2D eigenvalue weighted by atomic mass is 10.1. The molecule has 2 heterocycles. The lowest BCUT2D eigenvalue weighted by Gasteiger charge is -2.29. The van der Waals surface area contributed by atoms with Crippen molar-refractivity contribution >= 4 is 55.0 Å². The maximum absolute atomic E-state index is 13.3. The Labute approximate surface area is 201 Å². The zero-order valence-corrected chi connectivity index (χ0v) is 19.6. The van der Waals surface area contributed by atoms with Crippen LogP contribution in [-0.2, 0) is 9.53 Å². The monoisotopic (exact) mass is 481 g/mol. The summed E-state index contributed by atoms with van der Waals surface area (Å²) < 4.78 is 12.3. The standard InChI is InChI=1S/C25H24ClN3O3S/c26-21-6-3-7-22-24(21)27-25(33-22)29(11-10-28-12-14-31-15-13-28)23(30)17-32-20-9-8-18-4-1-2-5-19(18)16-20/h1-9,16H,10-15,17H2. The van der Waals surface area contributed by atoms with Gasteiger partial charge in [-0.2, -0.15) is 0 Å². The number of aromatic nitrogens is 1. The van der Waals surface area contributed by atoms with E-state index in [0.717, 1.165) is 53.8 Å². The lowest BCUT2D eigenvalue weighted by molar-refractivity contribution is -0.120. The number of morpholine rings is 1. The third kappa shape index (κ3) is 5.12. The number of amides is 1. The molecular formula is C25H24ClN3O3S. The van der Waals surface area contributed by atoms with E-state index in [9.17, 15) is 4.79 Å². The molecule has 6 nitrogen and oxygen atoms in total. The highest BCUT2D eigenvalue weighted by Crippen LogP contribution is 2.33. The Morgan fingerprint density at radius 2 is 1.91 bits per heavy atom. The Bertz CT molecular complexity index is 1270. The van der Waals surface area contributed by atoms with Crippen LogP contribution < -0.4 is 9.64 Å². The number of anilines is 1. The highest BCUT2D eigenvalue weighted by atomic mass is 35.5. The highest BCUT2D eigenvalue weighted by molar-refractivity contribution is 7.22. The summed E-state index contributed by atoms with van der Waals surface area (Å²) in [4.78, 5) is 22.0. The topological polar surface area (TPSA) is 54.9 Å². The van der Waals surface area contributed by atoms with Crippen LogP contribution in [0.5, 0.6) is 5.75 Å². The first-order valence-electron chi connectivity index (χ1n) is 10.9. The summed E-state index contributed by atoms with van der Waals surface area (Å²) in [5.74, 6) is 0.536. The van der Waals surface area contributed by atoms with Crippen LogP contribution in [0.4, 0.5) is 5.13 Å². The smallest absolute Gasteiger partial charge is 0.266 e. The van der Waals surface area contributed by atoms with E-state index in [1.807, 2.05) is 54.6 Å². The zero-order chi connectivity index (χ0) is 22.6.